The number of fused-ring (bicyclic) bond motifs is 3. The third-order valence-electron chi connectivity index (χ3n) is 2.99. The average molecular weight is 329 g/mol. The van der Waals surface area contributed by atoms with E-state index in [9.17, 15) is 13.2 Å². The predicted molar refractivity (Wildman–Crippen MR) is 71.8 cm³/mol. The molecule has 0 unspecified atom stereocenters. The summed E-state index contributed by atoms with van der Waals surface area (Å²) >= 11 is 2.61. The van der Waals surface area contributed by atoms with E-state index >= 15 is 0 Å². The van der Waals surface area contributed by atoms with Crippen molar-refractivity contribution >= 4 is 23.5 Å². The highest BCUT2D eigenvalue weighted by molar-refractivity contribution is 8.07. The van der Waals surface area contributed by atoms with Crippen LogP contribution in [0, 0.1) is 0 Å². The number of rotatable bonds is 1. The van der Waals surface area contributed by atoms with Gasteiger partial charge in [0.05, 0.1) is 0 Å². The van der Waals surface area contributed by atoms with E-state index in [0.29, 0.717) is 5.03 Å². The van der Waals surface area contributed by atoms with Gasteiger partial charge in [-0.3, -0.25) is 9.99 Å². The molecule has 4 heterocycles. The maximum Gasteiger partial charge on any atom is 0.453 e. The van der Waals surface area contributed by atoms with Gasteiger partial charge in [-0.1, -0.05) is 17.8 Å². The molecule has 0 amide bonds. The Morgan fingerprint density at radius 2 is 2.10 bits per heavy atom. The molecule has 0 saturated heterocycles. The number of nitrogens with zero attached hydrogens (tertiary/aromatic N) is 5. The number of hydrogen-bond acceptors (Lipinski definition) is 6. The Labute approximate surface area is 125 Å². The van der Waals surface area contributed by atoms with E-state index in [1.54, 1.807) is 23.5 Å². The molecule has 0 fully saturated rings. The third-order valence-corrected chi connectivity index (χ3v) is 5.18. The van der Waals surface area contributed by atoms with Crippen molar-refractivity contribution in [2.75, 3.05) is 5.01 Å². The van der Waals surface area contributed by atoms with Crippen LogP contribution < -0.4 is 5.01 Å². The van der Waals surface area contributed by atoms with Gasteiger partial charge < -0.3 is 0 Å². The van der Waals surface area contributed by atoms with Gasteiger partial charge in [-0.2, -0.15) is 13.2 Å². The zero-order valence-corrected chi connectivity index (χ0v) is 11.8. The second kappa shape index (κ2) is 4.41. The highest BCUT2D eigenvalue weighted by atomic mass is 32.2. The fraction of sp³-hybridized carbons (Fsp3) is 0.182. The molecule has 21 heavy (non-hydrogen) atoms. The first kappa shape index (κ1) is 13.0. The van der Waals surface area contributed by atoms with Crippen LogP contribution in [0.2, 0.25) is 0 Å². The molecule has 2 aliphatic rings. The Bertz CT molecular complexity index is 727. The topological polar surface area (TPSA) is 46.8 Å². The quantitative estimate of drug-likeness (QED) is 0.802. The summed E-state index contributed by atoms with van der Waals surface area (Å²) in [5.41, 5.74) is 0.823. The van der Waals surface area contributed by atoms with Gasteiger partial charge >= 0.3 is 6.18 Å². The third kappa shape index (κ3) is 1.93. The van der Waals surface area contributed by atoms with Crippen molar-refractivity contribution in [3.63, 3.8) is 0 Å². The Hall–Kier alpha value is -1.68. The first-order chi connectivity index (χ1) is 10.1. The lowest BCUT2D eigenvalue weighted by Crippen LogP contribution is -2.33. The smallest absolute Gasteiger partial charge is 0.264 e. The van der Waals surface area contributed by atoms with Crippen molar-refractivity contribution < 1.29 is 13.2 Å². The first-order valence-electron chi connectivity index (χ1n) is 5.81. The Kier molecular flexibility index (Phi) is 2.73. The van der Waals surface area contributed by atoms with Crippen LogP contribution in [-0.2, 0) is 6.18 Å². The van der Waals surface area contributed by atoms with E-state index in [-0.39, 0.29) is 10.5 Å². The van der Waals surface area contributed by atoms with Crippen LogP contribution in [0.15, 0.2) is 40.1 Å². The minimum Gasteiger partial charge on any atom is -0.264 e. The van der Waals surface area contributed by atoms with Crippen molar-refractivity contribution in [3.05, 3.63) is 46.4 Å². The molecule has 4 rings (SSSR count). The van der Waals surface area contributed by atoms with Gasteiger partial charge in [-0.15, -0.1) is 10.2 Å². The zero-order valence-electron chi connectivity index (χ0n) is 10.2. The summed E-state index contributed by atoms with van der Waals surface area (Å²) in [6, 6.07) is 3.59. The summed E-state index contributed by atoms with van der Waals surface area (Å²) < 4.78 is 40.2. The minimum atomic E-state index is -4.55. The van der Waals surface area contributed by atoms with E-state index < -0.39 is 12.0 Å². The first-order valence-corrected chi connectivity index (χ1v) is 7.57. The number of pyridine rings is 1. The molecule has 2 aromatic heterocycles. The summed E-state index contributed by atoms with van der Waals surface area (Å²) in [6.07, 6.45) is -1.27. The van der Waals surface area contributed by atoms with Crippen LogP contribution in [0.4, 0.5) is 13.2 Å². The van der Waals surface area contributed by atoms with Crippen LogP contribution in [0.5, 0.6) is 0 Å². The monoisotopic (exact) mass is 329 g/mol. The minimum absolute atomic E-state index is 0.225. The molecule has 2 aromatic rings. The second-order valence-corrected chi connectivity index (χ2v) is 6.24. The highest BCUT2D eigenvalue weighted by Gasteiger charge is 2.46. The number of halogens is 3. The van der Waals surface area contributed by atoms with Gasteiger partial charge in [0.2, 0.25) is 5.16 Å². The van der Waals surface area contributed by atoms with Gasteiger partial charge in [-0.25, -0.2) is 4.68 Å². The molecule has 5 nitrogen and oxygen atoms in total. The van der Waals surface area contributed by atoms with E-state index in [1.807, 2.05) is 11.5 Å². The normalized spacial score (nSPS) is 20.4. The van der Waals surface area contributed by atoms with E-state index in [0.717, 1.165) is 10.2 Å². The van der Waals surface area contributed by atoms with Crippen LogP contribution in [-0.4, -0.2) is 19.9 Å². The van der Waals surface area contributed by atoms with Crippen molar-refractivity contribution in [1.29, 1.82) is 0 Å². The number of thioether (sulfide) groups is 2. The lowest BCUT2D eigenvalue weighted by molar-refractivity contribution is -0.147. The summed E-state index contributed by atoms with van der Waals surface area (Å²) in [5, 5.41) is 10.9. The predicted octanol–water partition coefficient (Wildman–Crippen LogP) is 2.98. The van der Waals surface area contributed by atoms with Gasteiger partial charge in [0.25, 0.3) is 5.82 Å². The maximum absolute atomic E-state index is 13.1. The molecule has 108 valence electrons. The SMILES string of the molecule is FC(F)(F)c1nnc2n1N1C(=CS[C@@H]1c1cccnc1)S2. The van der Waals surface area contributed by atoms with Crippen LogP contribution >= 0.6 is 23.5 Å². The van der Waals surface area contributed by atoms with Gasteiger partial charge in [-0.05, 0) is 17.8 Å². The zero-order chi connectivity index (χ0) is 14.6. The number of hydrogen-bond donors (Lipinski definition) is 0. The summed E-state index contributed by atoms with van der Waals surface area (Å²) in [6.45, 7) is 0. The lowest BCUT2D eigenvalue weighted by atomic mass is 10.3. The van der Waals surface area contributed by atoms with Crippen molar-refractivity contribution in [2.24, 2.45) is 0 Å². The van der Waals surface area contributed by atoms with Crippen LogP contribution in [0.3, 0.4) is 0 Å². The fourth-order valence-corrected chi connectivity index (χ4v) is 4.37. The van der Waals surface area contributed by atoms with Crippen molar-refractivity contribution in [3.8, 4) is 0 Å². The molecule has 0 saturated carbocycles. The Morgan fingerprint density at radius 1 is 1.24 bits per heavy atom. The Morgan fingerprint density at radius 3 is 2.81 bits per heavy atom. The lowest BCUT2D eigenvalue weighted by Gasteiger charge is -2.25. The molecule has 0 radical (unpaired) electrons. The molecule has 2 aliphatic heterocycles. The standard InChI is InChI=1S/C11H6F3N5S2/c12-11(13,14)9-16-17-10-19(9)18-7(21-10)5-20-8(18)6-2-1-3-15-4-6/h1-5,8H/t8-/m1/s1. The van der Waals surface area contributed by atoms with Gasteiger partial charge in [0, 0.05) is 23.4 Å². The summed E-state index contributed by atoms with van der Waals surface area (Å²) in [7, 11) is 0. The van der Waals surface area contributed by atoms with E-state index in [4.69, 9.17) is 0 Å². The van der Waals surface area contributed by atoms with E-state index in [1.165, 1.54) is 23.5 Å². The van der Waals surface area contributed by atoms with Crippen molar-refractivity contribution in [2.45, 2.75) is 16.7 Å². The molecule has 0 aliphatic carbocycles. The molecule has 1 atom stereocenters. The second-order valence-electron chi connectivity index (χ2n) is 4.29. The largest absolute Gasteiger partial charge is 0.453 e. The fourth-order valence-electron chi connectivity index (χ4n) is 2.16. The summed E-state index contributed by atoms with van der Waals surface area (Å²) in [5.74, 6) is -1.01. The molecule has 0 spiro atoms. The Balaban J connectivity index is 1.81. The highest BCUT2D eigenvalue weighted by Crippen LogP contribution is 2.52. The average Bonchev–Trinajstić information content (AvgIpc) is 3.08. The van der Waals surface area contributed by atoms with Gasteiger partial charge in [0.1, 0.15) is 10.4 Å². The molecule has 0 N–H and O–H groups in total. The molecular weight excluding hydrogens is 323 g/mol. The van der Waals surface area contributed by atoms with Crippen LogP contribution in [0.1, 0.15) is 16.8 Å². The number of aromatic nitrogens is 4. The maximum atomic E-state index is 13.1. The number of alkyl halides is 3. The van der Waals surface area contributed by atoms with E-state index in [2.05, 4.69) is 15.2 Å². The molecule has 0 bridgehead atoms. The van der Waals surface area contributed by atoms with Crippen LogP contribution in [0.25, 0.3) is 0 Å². The molecule has 0 aromatic carbocycles. The summed E-state index contributed by atoms with van der Waals surface area (Å²) in [4.78, 5) is 4.03. The van der Waals surface area contributed by atoms with Crippen molar-refractivity contribution in [1.82, 2.24) is 19.9 Å². The molecular formula is C11H6F3N5S2. The molecule has 10 heteroatoms. The van der Waals surface area contributed by atoms with Gasteiger partial charge in [0.15, 0.2) is 0 Å².